The summed E-state index contributed by atoms with van der Waals surface area (Å²) >= 11 is 0. The van der Waals surface area contributed by atoms with Gasteiger partial charge in [0.15, 0.2) is 11.5 Å². The molecule has 0 unspecified atom stereocenters. The number of nitrogens with zero attached hydrogens (tertiary/aromatic N) is 1. The van der Waals surface area contributed by atoms with Crippen molar-refractivity contribution in [3.63, 3.8) is 0 Å². The molecule has 24 heavy (non-hydrogen) atoms. The minimum Gasteiger partial charge on any atom is -0.490 e. The SMILES string of the molecule is CCCOc1ccc(C(=O)N2CCC(C(=O)O)CC2)cc1OCC. The Bertz CT molecular complexity index is 579. The molecule has 0 spiro atoms. The van der Waals surface area contributed by atoms with Gasteiger partial charge >= 0.3 is 5.97 Å². The van der Waals surface area contributed by atoms with Gasteiger partial charge in [-0.3, -0.25) is 9.59 Å². The van der Waals surface area contributed by atoms with Crippen LogP contribution in [0.4, 0.5) is 0 Å². The fourth-order valence-electron chi connectivity index (χ4n) is 2.75. The van der Waals surface area contributed by atoms with Crippen molar-refractivity contribution in [2.45, 2.75) is 33.1 Å². The summed E-state index contributed by atoms with van der Waals surface area (Å²) in [5, 5.41) is 9.04. The average Bonchev–Trinajstić information content (AvgIpc) is 2.60. The number of ether oxygens (including phenoxy) is 2. The average molecular weight is 335 g/mol. The summed E-state index contributed by atoms with van der Waals surface area (Å²) in [6.07, 6.45) is 1.89. The number of carboxylic acid groups (broad SMARTS) is 1. The number of piperidine rings is 1. The van der Waals surface area contributed by atoms with Crippen LogP contribution in [0, 0.1) is 5.92 Å². The molecule has 0 aliphatic carbocycles. The van der Waals surface area contributed by atoms with Crippen molar-refractivity contribution < 1.29 is 24.2 Å². The summed E-state index contributed by atoms with van der Waals surface area (Å²) < 4.78 is 11.2. The molecule has 6 heteroatoms. The van der Waals surface area contributed by atoms with E-state index in [9.17, 15) is 9.59 Å². The van der Waals surface area contributed by atoms with Crippen molar-refractivity contribution in [2.75, 3.05) is 26.3 Å². The van der Waals surface area contributed by atoms with E-state index in [1.165, 1.54) is 0 Å². The Labute approximate surface area is 142 Å². The van der Waals surface area contributed by atoms with Crippen molar-refractivity contribution in [1.29, 1.82) is 0 Å². The Hall–Kier alpha value is -2.24. The summed E-state index contributed by atoms with van der Waals surface area (Å²) in [6.45, 7) is 5.93. The van der Waals surface area contributed by atoms with Crippen LogP contribution >= 0.6 is 0 Å². The molecule has 2 rings (SSSR count). The second-order valence-electron chi connectivity index (χ2n) is 5.85. The van der Waals surface area contributed by atoms with Gasteiger partial charge in [-0.2, -0.15) is 0 Å². The van der Waals surface area contributed by atoms with Gasteiger partial charge in [-0.1, -0.05) is 6.92 Å². The highest BCUT2D eigenvalue weighted by Gasteiger charge is 2.27. The molecule has 6 nitrogen and oxygen atoms in total. The van der Waals surface area contributed by atoms with Crippen molar-refractivity contribution in [1.82, 2.24) is 4.90 Å². The Morgan fingerprint density at radius 1 is 1.17 bits per heavy atom. The van der Waals surface area contributed by atoms with Gasteiger partial charge in [0.2, 0.25) is 0 Å². The van der Waals surface area contributed by atoms with Crippen LogP contribution in [0.3, 0.4) is 0 Å². The highest BCUT2D eigenvalue weighted by molar-refractivity contribution is 5.95. The maximum absolute atomic E-state index is 12.6. The molecule has 1 N–H and O–H groups in total. The predicted molar refractivity (Wildman–Crippen MR) is 89.7 cm³/mol. The normalized spacial score (nSPS) is 15.2. The summed E-state index contributed by atoms with van der Waals surface area (Å²) in [6, 6.07) is 5.21. The van der Waals surface area contributed by atoms with Crippen molar-refractivity contribution in [3.8, 4) is 11.5 Å². The van der Waals surface area contributed by atoms with Gasteiger partial charge in [0.1, 0.15) is 0 Å². The Morgan fingerprint density at radius 2 is 1.88 bits per heavy atom. The molecule has 0 atom stereocenters. The maximum atomic E-state index is 12.6. The zero-order valence-corrected chi connectivity index (χ0v) is 14.3. The molecule has 1 heterocycles. The molecule has 0 bridgehead atoms. The molecule has 0 saturated carbocycles. The van der Waals surface area contributed by atoms with E-state index in [-0.39, 0.29) is 11.8 Å². The third-order valence-electron chi connectivity index (χ3n) is 4.08. The quantitative estimate of drug-likeness (QED) is 0.829. The second-order valence-corrected chi connectivity index (χ2v) is 5.85. The largest absolute Gasteiger partial charge is 0.490 e. The number of benzene rings is 1. The Morgan fingerprint density at radius 3 is 2.46 bits per heavy atom. The highest BCUT2D eigenvalue weighted by Crippen LogP contribution is 2.30. The lowest BCUT2D eigenvalue weighted by molar-refractivity contribution is -0.143. The zero-order valence-electron chi connectivity index (χ0n) is 14.3. The van der Waals surface area contributed by atoms with Gasteiger partial charge in [0.25, 0.3) is 5.91 Å². The fraction of sp³-hybridized carbons (Fsp3) is 0.556. The molecule has 1 aromatic carbocycles. The third kappa shape index (κ3) is 4.40. The fourth-order valence-corrected chi connectivity index (χ4v) is 2.75. The van der Waals surface area contributed by atoms with E-state index in [0.29, 0.717) is 56.2 Å². The summed E-state index contributed by atoms with van der Waals surface area (Å²) in [4.78, 5) is 25.4. The number of hydrogen-bond acceptors (Lipinski definition) is 4. The first-order valence-electron chi connectivity index (χ1n) is 8.48. The molecule has 0 aromatic heterocycles. The molecule has 1 aliphatic heterocycles. The van der Waals surface area contributed by atoms with E-state index >= 15 is 0 Å². The predicted octanol–water partition coefficient (Wildman–Crippen LogP) is 2.81. The van der Waals surface area contributed by atoms with Crippen molar-refractivity contribution in [3.05, 3.63) is 23.8 Å². The summed E-state index contributed by atoms with van der Waals surface area (Å²) in [5.41, 5.74) is 0.538. The van der Waals surface area contributed by atoms with E-state index in [4.69, 9.17) is 14.6 Å². The summed E-state index contributed by atoms with van der Waals surface area (Å²) in [7, 11) is 0. The molecule has 0 radical (unpaired) electrons. The van der Waals surface area contributed by atoms with Gasteiger partial charge < -0.3 is 19.5 Å². The number of aliphatic carboxylic acids is 1. The number of carbonyl (C=O) groups is 2. The minimum absolute atomic E-state index is 0.0955. The molecule has 1 aromatic rings. The van der Waals surface area contributed by atoms with Gasteiger partial charge in [-0.15, -0.1) is 0 Å². The van der Waals surface area contributed by atoms with E-state index in [0.717, 1.165) is 6.42 Å². The smallest absolute Gasteiger partial charge is 0.306 e. The second kappa shape index (κ2) is 8.57. The molecule has 1 fully saturated rings. The van der Waals surface area contributed by atoms with E-state index < -0.39 is 5.97 Å². The molecule has 1 amide bonds. The molecular weight excluding hydrogens is 310 g/mol. The number of carbonyl (C=O) groups excluding carboxylic acids is 1. The zero-order chi connectivity index (χ0) is 17.5. The Kier molecular flexibility index (Phi) is 6.46. The molecule has 132 valence electrons. The van der Waals surface area contributed by atoms with Gasteiger partial charge in [-0.25, -0.2) is 0 Å². The number of hydrogen-bond donors (Lipinski definition) is 1. The van der Waals surface area contributed by atoms with Gasteiger partial charge in [0.05, 0.1) is 19.1 Å². The Balaban J connectivity index is 2.09. The van der Waals surface area contributed by atoms with Crippen LogP contribution in [-0.2, 0) is 4.79 Å². The lowest BCUT2D eigenvalue weighted by atomic mass is 9.96. The van der Waals surface area contributed by atoms with Crippen LogP contribution in [-0.4, -0.2) is 48.2 Å². The van der Waals surface area contributed by atoms with Gasteiger partial charge in [0, 0.05) is 18.7 Å². The van der Waals surface area contributed by atoms with E-state index in [1.54, 1.807) is 23.1 Å². The monoisotopic (exact) mass is 335 g/mol. The first-order valence-corrected chi connectivity index (χ1v) is 8.48. The highest BCUT2D eigenvalue weighted by atomic mass is 16.5. The third-order valence-corrected chi connectivity index (χ3v) is 4.08. The van der Waals surface area contributed by atoms with Crippen molar-refractivity contribution in [2.24, 2.45) is 5.92 Å². The number of amides is 1. The number of carboxylic acids is 1. The van der Waals surface area contributed by atoms with Crippen LogP contribution < -0.4 is 9.47 Å². The number of rotatable bonds is 7. The minimum atomic E-state index is -0.779. The topological polar surface area (TPSA) is 76.1 Å². The standard InChI is InChI=1S/C18H25NO5/c1-3-11-24-15-6-5-14(12-16(15)23-4-2)17(20)19-9-7-13(8-10-19)18(21)22/h5-6,12-13H,3-4,7-11H2,1-2H3,(H,21,22). The lowest BCUT2D eigenvalue weighted by Gasteiger charge is -2.30. The molecule has 1 saturated heterocycles. The van der Waals surface area contributed by atoms with Crippen LogP contribution in [0.15, 0.2) is 18.2 Å². The van der Waals surface area contributed by atoms with Gasteiger partial charge in [-0.05, 0) is 44.4 Å². The van der Waals surface area contributed by atoms with Crippen LogP contribution in [0.5, 0.6) is 11.5 Å². The van der Waals surface area contributed by atoms with Crippen LogP contribution in [0.2, 0.25) is 0 Å². The van der Waals surface area contributed by atoms with Crippen LogP contribution in [0.1, 0.15) is 43.5 Å². The van der Waals surface area contributed by atoms with Crippen molar-refractivity contribution >= 4 is 11.9 Å². The van der Waals surface area contributed by atoms with E-state index in [1.807, 2.05) is 13.8 Å². The molecular formula is C18H25NO5. The lowest BCUT2D eigenvalue weighted by Crippen LogP contribution is -2.40. The summed E-state index contributed by atoms with van der Waals surface area (Å²) in [5.74, 6) is -0.0186. The van der Waals surface area contributed by atoms with Crippen LogP contribution in [0.25, 0.3) is 0 Å². The first-order chi connectivity index (χ1) is 11.6. The maximum Gasteiger partial charge on any atom is 0.306 e. The number of likely N-dealkylation sites (tertiary alicyclic amines) is 1. The first kappa shape index (κ1) is 18.1. The molecule has 1 aliphatic rings. The van der Waals surface area contributed by atoms with E-state index in [2.05, 4.69) is 0 Å².